The van der Waals surface area contributed by atoms with Crippen molar-refractivity contribution in [2.24, 2.45) is 0 Å². The molecule has 0 spiro atoms. The number of rotatable bonds is 8. The van der Waals surface area contributed by atoms with Crippen LogP contribution in [0.3, 0.4) is 0 Å². The minimum atomic E-state index is -3.84. The van der Waals surface area contributed by atoms with Crippen LogP contribution < -0.4 is 10.1 Å². The summed E-state index contributed by atoms with van der Waals surface area (Å²) in [4.78, 5) is 12.1. The number of carbonyl (C=O) groups excluding carboxylic acids is 1. The van der Waals surface area contributed by atoms with Crippen molar-refractivity contribution in [3.05, 3.63) is 59.1 Å². The first-order valence-electron chi connectivity index (χ1n) is 8.04. The van der Waals surface area contributed by atoms with Crippen LogP contribution >= 0.6 is 11.6 Å². The Labute approximate surface area is 158 Å². The van der Waals surface area contributed by atoms with E-state index < -0.39 is 15.9 Å². The molecular formula is C18H21ClN2O4S. The van der Waals surface area contributed by atoms with Gasteiger partial charge >= 0.3 is 0 Å². The van der Waals surface area contributed by atoms with E-state index in [2.05, 4.69) is 5.32 Å². The third-order valence-corrected chi connectivity index (χ3v) is 5.70. The van der Waals surface area contributed by atoms with E-state index in [1.54, 1.807) is 0 Å². The first kappa shape index (κ1) is 20.2. The number of hydrogen-bond donors (Lipinski definition) is 1. The predicted octanol–water partition coefficient (Wildman–Crippen LogP) is 2.68. The third kappa shape index (κ3) is 5.20. The molecule has 0 saturated heterocycles. The van der Waals surface area contributed by atoms with Crippen molar-refractivity contribution >= 4 is 27.5 Å². The lowest BCUT2D eigenvalue weighted by Crippen LogP contribution is -2.38. The van der Waals surface area contributed by atoms with Gasteiger partial charge in [-0.1, -0.05) is 41.9 Å². The number of halogens is 1. The first-order valence-corrected chi connectivity index (χ1v) is 9.85. The van der Waals surface area contributed by atoms with Crippen LogP contribution in [0.5, 0.6) is 5.75 Å². The lowest BCUT2D eigenvalue weighted by molar-refractivity contribution is -0.121. The lowest BCUT2D eigenvalue weighted by atomic mass is 10.2. The molecule has 2 rings (SSSR count). The molecule has 0 saturated carbocycles. The summed E-state index contributed by atoms with van der Waals surface area (Å²) in [5.41, 5.74) is 0.935. The van der Waals surface area contributed by atoms with E-state index in [1.807, 2.05) is 37.3 Å². The number of ether oxygens (including phenoxy) is 1. The summed E-state index contributed by atoms with van der Waals surface area (Å²) in [6.45, 7) is 2.28. The highest BCUT2D eigenvalue weighted by molar-refractivity contribution is 7.89. The topological polar surface area (TPSA) is 75.7 Å². The summed E-state index contributed by atoms with van der Waals surface area (Å²) >= 11 is 6.05. The maximum absolute atomic E-state index is 12.6. The molecule has 0 aliphatic carbocycles. The zero-order chi connectivity index (χ0) is 19.2. The van der Waals surface area contributed by atoms with Gasteiger partial charge in [-0.15, -0.1) is 0 Å². The van der Waals surface area contributed by atoms with Gasteiger partial charge in [0, 0.05) is 13.6 Å². The van der Waals surface area contributed by atoms with E-state index >= 15 is 0 Å². The molecule has 0 bridgehead atoms. The maximum atomic E-state index is 12.6. The van der Waals surface area contributed by atoms with Crippen molar-refractivity contribution in [1.82, 2.24) is 9.62 Å². The highest BCUT2D eigenvalue weighted by Gasteiger charge is 2.24. The number of nitrogens with one attached hydrogen (secondary N) is 1. The molecule has 0 aromatic heterocycles. The van der Waals surface area contributed by atoms with Gasteiger partial charge < -0.3 is 10.1 Å². The Morgan fingerprint density at radius 3 is 2.50 bits per heavy atom. The molecule has 0 atom stereocenters. The maximum Gasteiger partial charge on any atom is 0.243 e. The molecule has 6 nitrogen and oxygen atoms in total. The van der Waals surface area contributed by atoms with Crippen LogP contribution in [0.15, 0.2) is 53.4 Å². The molecule has 0 unspecified atom stereocenters. The van der Waals surface area contributed by atoms with Crippen molar-refractivity contribution in [2.75, 3.05) is 20.2 Å². The Balaban J connectivity index is 2.01. The Kier molecular flexibility index (Phi) is 7.02. The van der Waals surface area contributed by atoms with Gasteiger partial charge in [0.25, 0.3) is 0 Å². The third-order valence-electron chi connectivity index (χ3n) is 3.61. The normalized spacial score (nSPS) is 11.4. The number of benzene rings is 2. The number of carbonyl (C=O) groups is 1. The van der Waals surface area contributed by atoms with E-state index in [4.69, 9.17) is 16.3 Å². The molecule has 2 aromatic rings. The molecule has 0 aliphatic rings. The van der Waals surface area contributed by atoms with Gasteiger partial charge in [0.05, 0.1) is 23.1 Å². The zero-order valence-electron chi connectivity index (χ0n) is 14.6. The highest BCUT2D eigenvalue weighted by Crippen LogP contribution is 2.28. The average Bonchev–Trinajstić information content (AvgIpc) is 2.62. The fraction of sp³-hybridized carbons (Fsp3) is 0.278. The summed E-state index contributed by atoms with van der Waals surface area (Å²) in [5.74, 6) is 0.0216. The smallest absolute Gasteiger partial charge is 0.243 e. The molecule has 1 N–H and O–H groups in total. The molecule has 2 aromatic carbocycles. The van der Waals surface area contributed by atoms with Crippen molar-refractivity contribution in [3.63, 3.8) is 0 Å². The largest absolute Gasteiger partial charge is 0.492 e. The lowest BCUT2D eigenvalue weighted by Gasteiger charge is -2.17. The van der Waals surface area contributed by atoms with Gasteiger partial charge in [0.2, 0.25) is 15.9 Å². The molecule has 0 radical (unpaired) electrons. The number of hydrogen-bond acceptors (Lipinski definition) is 4. The van der Waals surface area contributed by atoms with Crippen molar-refractivity contribution in [3.8, 4) is 5.75 Å². The molecule has 0 fully saturated rings. The molecule has 8 heteroatoms. The minimum absolute atomic E-state index is 0.00399. The van der Waals surface area contributed by atoms with Crippen molar-refractivity contribution < 1.29 is 17.9 Å². The molecule has 0 heterocycles. The predicted molar refractivity (Wildman–Crippen MR) is 101 cm³/mol. The van der Waals surface area contributed by atoms with Crippen molar-refractivity contribution in [2.45, 2.75) is 18.4 Å². The second kappa shape index (κ2) is 9.02. The minimum Gasteiger partial charge on any atom is -0.492 e. The van der Waals surface area contributed by atoms with E-state index in [9.17, 15) is 13.2 Å². The Bertz CT molecular complexity index is 857. The average molecular weight is 397 g/mol. The number of nitrogens with zero attached hydrogens (tertiary/aromatic N) is 1. The zero-order valence-corrected chi connectivity index (χ0v) is 16.2. The summed E-state index contributed by atoms with van der Waals surface area (Å²) in [7, 11) is -2.49. The van der Waals surface area contributed by atoms with Gasteiger partial charge in [-0.05, 0) is 30.7 Å². The van der Waals surface area contributed by atoms with Crippen LogP contribution in [0.2, 0.25) is 5.02 Å². The molecule has 1 amide bonds. The van der Waals surface area contributed by atoms with E-state index in [0.29, 0.717) is 18.9 Å². The second-order valence-electron chi connectivity index (χ2n) is 5.55. The number of amides is 1. The molecule has 140 valence electrons. The van der Waals surface area contributed by atoms with Crippen LogP contribution in [-0.4, -0.2) is 38.8 Å². The number of likely N-dealkylation sites (N-methyl/N-ethyl adjacent to an activating group) is 1. The van der Waals surface area contributed by atoms with Gasteiger partial charge in [-0.25, -0.2) is 8.42 Å². The Morgan fingerprint density at radius 2 is 1.88 bits per heavy atom. The summed E-state index contributed by atoms with van der Waals surface area (Å²) in [5, 5.41) is 2.90. The highest BCUT2D eigenvalue weighted by atomic mass is 35.5. The standard InChI is InChI=1S/C18H21ClN2O4S/c1-3-25-17-10-9-15(11-16(17)19)26(23,24)21(2)13-18(22)20-12-14-7-5-4-6-8-14/h4-11H,3,12-13H2,1-2H3,(H,20,22). The second-order valence-corrected chi connectivity index (χ2v) is 8.00. The van der Waals surface area contributed by atoms with Crippen LogP contribution in [0.25, 0.3) is 0 Å². The first-order chi connectivity index (χ1) is 12.3. The monoisotopic (exact) mass is 396 g/mol. The number of sulfonamides is 1. The Morgan fingerprint density at radius 1 is 1.19 bits per heavy atom. The molecule has 0 aliphatic heterocycles. The molecular weight excluding hydrogens is 376 g/mol. The Hall–Kier alpha value is -2.09. The fourth-order valence-corrected chi connectivity index (χ4v) is 3.69. The van der Waals surface area contributed by atoms with E-state index in [-0.39, 0.29) is 16.5 Å². The van der Waals surface area contributed by atoms with Gasteiger partial charge in [-0.3, -0.25) is 4.79 Å². The van der Waals surface area contributed by atoms with E-state index in [1.165, 1.54) is 25.2 Å². The quantitative estimate of drug-likeness (QED) is 0.744. The molecule has 26 heavy (non-hydrogen) atoms. The van der Waals surface area contributed by atoms with E-state index in [0.717, 1.165) is 9.87 Å². The van der Waals surface area contributed by atoms with Gasteiger partial charge in [-0.2, -0.15) is 4.31 Å². The SMILES string of the molecule is CCOc1ccc(S(=O)(=O)N(C)CC(=O)NCc2ccccc2)cc1Cl. The van der Waals surface area contributed by atoms with Crippen LogP contribution in [-0.2, 0) is 21.4 Å². The fourth-order valence-electron chi connectivity index (χ4n) is 2.23. The summed E-state index contributed by atoms with van der Waals surface area (Å²) < 4.78 is 31.5. The van der Waals surface area contributed by atoms with Crippen molar-refractivity contribution in [1.29, 1.82) is 0 Å². The van der Waals surface area contributed by atoms with Crippen LogP contribution in [0, 0.1) is 0 Å². The van der Waals surface area contributed by atoms with Gasteiger partial charge in [0.1, 0.15) is 5.75 Å². The van der Waals surface area contributed by atoms with Crippen LogP contribution in [0.4, 0.5) is 0 Å². The van der Waals surface area contributed by atoms with Crippen LogP contribution in [0.1, 0.15) is 12.5 Å². The van der Waals surface area contributed by atoms with Gasteiger partial charge in [0.15, 0.2) is 0 Å². The summed E-state index contributed by atoms with van der Waals surface area (Å²) in [6.07, 6.45) is 0. The summed E-state index contributed by atoms with van der Waals surface area (Å²) in [6, 6.07) is 13.6.